The molecule has 1 aromatic rings. The van der Waals surface area contributed by atoms with Crippen LogP contribution in [0.5, 0.6) is 0 Å². The monoisotopic (exact) mass is 272 g/mol. The molecule has 2 N–H and O–H groups in total. The first kappa shape index (κ1) is 13.8. The molecule has 0 aliphatic carbocycles. The molecule has 19 heavy (non-hydrogen) atoms. The number of nitrogens with one attached hydrogen (secondary N) is 2. The topological polar surface area (TPSA) is 49.3 Å². The molecular formula is C12H15F3N4. The molecular weight excluding hydrogens is 257 g/mol. The second-order valence-corrected chi connectivity index (χ2v) is 5.37. The molecule has 0 radical (unpaired) electrons. The number of hydrogen-bond acceptors (Lipinski definition) is 4. The molecule has 1 aliphatic rings. The van der Waals surface area contributed by atoms with E-state index in [0.717, 1.165) is 5.56 Å². The number of aromatic nitrogens is 1. The lowest BCUT2D eigenvalue weighted by atomic mass is 9.87. The number of amidine groups is 1. The third-order valence-corrected chi connectivity index (χ3v) is 2.76. The van der Waals surface area contributed by atoms with Gasteiger partial charge in [0, 0.05) is 6.20 Å². The highest BCUT2D eigenvalue weighted by atomic mass is 19.4. The third-order valence-electron chi connectivity index (χ3n) is 2.76. The first-order chi connectivity index (χ1) is 8.68. The Hall–Kier alpha value is -1.63. The highest BCUT2D eigenvalue weighted by Gasteiger charge is 2.42. The molecule has 0 bridgehead atoms. The Kier molecular flexibility index (Phi) is 3.25. The maximum absolute atomic E-state index is 12.5. The average molecular weight is 272 g/mol. The van der Waals surface area contributed by atoms with Gasteiger partial charge in [0.25, 0.3) is 0 Å². The van der Waals surface area contributed by atoms with Crippen LogP contribution in [0.2, 0.25) is 0 Å². The number of alkyl halides is 3. The molecule has 2 rings (SSSR count). The van der Waals surface area contributed by atoms with Gasteiger partial charge in [-0.1, -0.05) is 20.8 Å². The molecule has 1 aliphatic heterocycles. The predicted octanol–water partition coefficient (Wildman–Crippen LogP) is 2.12. The van der Waals surface area contributed by atoms with Gasteiger partial charge >= 0.3 is 6.18 Å². The Labute approximate surface area is 109 Å². The van der Waals surface area contributed by atoms with Gasteiger partial charge in [-0.05, 0) is 23.1 Å². The summed E-state index contributed by atoms with van der Waals surface area (Å²) < 4.78 is 37.5. The predicted molar refractivity (Wildman–Crippen MR) is 65.6 cm³/mol. The SMILES string of the molecule is CC(C)(C)c1ccnc(C2=NC(C(F)(F)F)NN2)c1. The van der Waals surface area contributed by atoms with Crippen molar-refractivity contribution in [1.82, 2.24) is 15.8 Å². The normalized spacial score (nSPS) is 20.1. The standard InChI is InChI=1S/C12H15F3N4/c1-11(2,3)7-4-5-16-8(6-7)9-17-10(19-18-9)12(13,14)15/h4-6,10,19H,1-3H3,(H,17,18). The molecule has 0 fully saturated rings. The number of hydrogen-bond donors (Lipinski definition) is 2. The van der Waals surface area contributed by atoms with Gasteiger partial charge in [0.2, 0.25) is 6.17 Å². The van der Waals surface area contributed by atoms with E-state index in [0.29, 0.717) is 5.69 Å². The van der Waals surface area contributed by atoms with Crippen molar-refractivity contribution in [2.24, 2.45) is 4.99 Å². The largest absolute Gasteiger partial charge is 0.425 e. The third kappa shape index (κ3) is 3.04. The minimum absolute atomic E-state index is 0.103. The van der Waals surface area contributed by atoms with Gasteiger partial charge in [-0.3, -0.25) is 4.98 Å². The van der Waals surface area contributed by atoms with E-state index in [1.54, 1.807) is 12.3 Å². The summed E-state index contributed by atoms with van der Waals surface area (Å²) in [7, 11) is 0. The summed E-state index contributed by atoms with van der Waals surface area (Å²) in [6.45, 7) is 6.06. The van der Waals surface area contributed by atoms with Gasteiger partial charge in [0.1, 0.15) is 5.69 Å². The van der Waals surface area contributed by atoms with E-state index < -0.39 is 12.3 Å². The average Bonchev–Trinajstić information content (AvgIpc) is 2.77. The molecule has 1 aromatic heterocycles. The van der Waals surface area contributed by atoms with Crippen LogP contribution in [0, 0.1) is 0 Å². The van der Waals surface area contributed by atoms with Crippen LogP contribution in [0.4, 0.5) is 13.2 Å². The van der Waals surface area contributed by atoms with Gasteiger partial charge in [-0.25, -0.2) is 10.4 Å². The molecule has 1 atom stereocenters. The molecule has 2 heterocycles. The summed E-state index contributed by atoms with van der Waals surface area (Å²) in [5.74, 6) is 0.105. The molecule has 0 amide bonds. The summed E-state index contributed by atoms with van der Waals surface area (Å²) in [6.07, 6.45) is -4.78. The Morgan fingerprint density at radius 2 is 1.89 bits per heavy atom. The van der Waals surface area contributed by atoms with E-state index in [1.165, 1.54) is 0 Å². The fourth-order valence-electron chi connectivity index (χ4n) is 1.64. The number of aliphatic imine (C=N–C) groups is 1. The van der Waals surface area contributed by atoms with E-state index in [-0.39, 0.29) is 11.3 Å². The minimum atomic E-state index is -4.42. The lowest BCUT2D eigenvalue weighted by Gasteiger charge is -2.19. The van der Waals surface area contributed by atoms with E-state index in [1.807, 2.05) is 26.8 Å². The number of nitrogens with zero attached hydrogens (tertiary/aromatic N) is 2. The van der Waals surface area contributed by atoms with Crippen molar-refractivity contribution < 1.29 is 13.2 Å². The Bertz CT molecular complexity index is 502. The Balaban J connectivity index is 2.29. The number of rotatable bonds is 1. The molecule has 0 spiro atoms. The summed E-state index contributed by atoms with van der Waals surface area (Å²) in [5, 5.41) is 0. The number of halogens is 3. The summed E-state index contributed by atoms with van der Waals surface area (Å²) in [4.78, 5) is 7.61. The summed E-state index contributed by atoms with van der Waals surface area (Å²) in [5.41, 5.74) is 5.79. The summed E-state index contributed by atoms with van der Waals surface area (Å²) >= 11 is 0. The first-order valence-corrected chi connectivity index (χ1v) is 5.81. The van der Waals surface area contributed by atoms with Crippen LogP contribution in [-0.4, -0.2) is 23.2 Å². The second kappa shape index (κ2) is 4.48. The van der Waals surface area contributed by atoms with E-state index in [4.69, 9.17) is 0 Å². The van der Waals surface area contributed by atoms with Crippen LogP contribution in [0.25, 0.3) is 0 Å². The maximum Gasteiger partial charge on any atom is 0.425 e. The quantitative estimate of drug-likeness (QED) is 0.823. The lowest BCUT2D eigenvalue weighted by Crippen LogP contribution is -2.43. The van der Waals surface area contributed by atoms with Crippen molar-refractivity contribution in [1.29, 1.82) is 0 Å². The van der Waals surface area contributed by atoms with Crippen LogP contribution >= 0.6 is 0 Å². The van der Waals surface area contributed by atoms with E-state index >= 15 is 0 Å². The molecule has 0 saturated heterocycles. The zero-order valence-electron chi connectivity index (χ0n) is 10.8. The van der Waals surface area contributed by atoms with Crippen LogP contribution < -0.4 is 10.9 Å². The van der Waals surface area contributed by atoms with Gasteiger partial charge in [-0.2, -0.15) is 13.2 Å². The van der Waals surface area contributed by atoms with E-state index in [9.17, 15) is 13.2 Å². The maximum atomic E-state index is 12.5. The first-order valence-electron chi connectivity index (χ1n) is 5.81. The molecule has 7 heteroatoms. The van der Waals surface area contributed by atoms with Crippen LogP contribution in [0.15, 0.2) is 23.3 Å². The highest BCUT2D eigenvalue weighted by molar-refractivity contribution is 5.97. The zero-order chi connectivity index (χ0) is 14.3. The Morgan fingerprint density at radius 3 is 2.42 bits per heavy atom. The van der Waals surface area contributed by atoms with Gasteiger partial charge < -0.3 is 5.43 Å². The van der Waals surface area contributed by atoms with Crippen molar-refractivity contribution in [2.45, 2.75) is 38.5 Å². The molecule has 4 nitrogen and oxygen atoms in total. The highest BCUT2D eigenvalue weighted by Crippen LogP contribution is 2.25. The Morgan fingerprint density at radius 1 is 1.21 bits per heavy atom. The smallest absolute Gasteiger partial charge is 0.302 e. The fourth-order valence-corrected chi connectivity index (χ4v) is 1.64. The number of pyridine rings is 1. The lowest BCUT2D eigenvalue weighted by molar-refractivity contribution is -0.152. The van der Waals surface area contributed by atoms with E-state index in [2.05, 4.69) is 20.8 Å². The molecule has 0 aromatic carbocycles. The van der Waals surface area contributed by atoms with Crippen molar-refractivity contribution in [2.75, 3.05) is 0 Å². The fraction of sp³-hybridized carbons (Fsp3) is 0.500. The van der Waals surface area contributed by atoms with Crippen molar-refractivity contribution >= 4 is 5.84 Å². The second-order valence-electron chi connectivity index (χ2n) is 5.37. The summed E-state index contributed by atoms with van der Waals surface area (Å²) in [6, 6.07) is 3.58. The number of hydrazine groups is 1. The van der Waals surface area contributed by atoms with Crippen LogP contribution in [0.3, 0.4) is 0 Å². The van der Waals surface area contributed by atoms with Crippen molar-refractivity contribution in [3.8, 4) is 0 Å². The zero-order valence-corrected chi connectivity index (χ0v) is 10.8. The van der Waals surface area contributed by atoms with Crippen LogP contribution in [0.1, 0.15) is 32.0 Å². The van der Waals surface area contributed by atoms with Gasteiger partial charge in [-0.15, -0.1) is 0 Å². The van der Waals surface area contributed by atoms with Crippen molar-refractivity contribution in [3.63, 3.8) is 0 Å². The molecule has 0 saturated carbocycles. The van der Waals surface area contributed by atoms with Gasteiger partial charge in [0.15, 0.2) is 5.84 Å². The molecule has 104 valence electrons. The van der Waals surface area contributed by atoms with Crippen LogP contribution in [-0.2, 0) is 5.41 Å². The van der Waals surface area contributed by atoms with Crippen molar-refractivity contribution in [3.05, 3.63) is 29.6 Å². The molecule has 1 unspecified atom stereocenters. The minimum Gasteiger partial charge on any atom is -0.302 e. The van der Waals surface area contributed by atoms with Gasteiger partial charge in [0.05, 0.1) is 0 Å².